The van der Waals surface area contributed by atoms with E-state index >= 15 is 0 Å². The van der Waals surface area contributed by atoms with Crippen LogP contribution >= 0.6 is 28.3 Å². The molecule has 1 aliphatic heterocycles. The second kappa shape index (κ2) is 6.76. The first kappa shape index (κ1) is 17.9. The van der Waals surface area contributed by atoms with Crippen LogP contribution in [-0.2, 0) is 9.53 Å². The highest BCUT2D eigenvalue weighted by Crippen LogP contribution is 2.42. The van der Waals surface area contributed by atoms with Crippen molar-refractivity contribution in [1.82, 2.24) is 0 Å². The third kappa shape index (κ3) is 3.38. The van der Waals surface area contributed by atoms with E-state index in [4.69, 9.17) is 15.2 Å². The van der Waals surface area contributed by atoms with E-state index in [-0.39, 0.29) is 31.4 Å². The van der Waals surface area contributed by atoms with Gasteiger partial charge in [0.1, 0.15) is 6.04 Å². The summed E-state index contributed by atoms with van der Waals surface area (Å²) in [5.41, 5.74) is 5.56. The molecular formula is C12H13BrClF2NO4. The van der Waals surface area contributed by atoms with Gasteiger partial charge in [-0.25, -0.2) is 4.79 Å². The molecule has 1 atom stereocenters. The van der Waals surface area contributed by atoms with Crippen LogP contribution in [0.4, 0.5) is 8.78 Å². The summed E-state index contributed by atoms with van der Waals surface area (Å²) in [6.45, 7) is 1.30. The second-order valence-corrected chi connectivity index (χ2v) is 4.90. The largest absolute Gasteiger partial charge is 0.462 e. The molecule has 0 bridgehead atoms. The quantitative estimate of drug-likeness (QED) is 0.803. The molecule has 1 aromatic rings. The number of carbonyl (C=O) groups is 1. The highest BCUT2D eigenvalue weighted by molar-refractivity contribution is 9.10. The number of carbonyl (C=O) groups excluding carboxylic acids is 1. The van der Waals surface area contributed by atoms with Gasteiger partial charge in [0.15, 0.2) is 11.5 Å². The average Bonchev–Trinajstić information content (AvgIpc) is 2.84. The SMILES string of the molecule is CCOC(=O)C(F)(F)[C@@H](N)c1cc2c(cc1Br)OCO2.Cl. The highest BCUT2D eigenvalue weighted by Gasteiger charge is 2.48. The van der Waals surface area contributed by atoms with Crippen molar-refractivity contribution >= 4 is 34.3 Å². The molecule has 2 N–H and O–H groups in total. The Kier molecular flexibility index (Phi) is 5.77. The third-order valence-corrected chi connectivity index (χ3v) is 3.45. The summed E-state index contributed by atoms with van der Waals surface area (Å²) in [5.74, 6) is -4.77. The molecule has 0 radical (unpaired) electrons. The van der Waals surface area contributed by atoms with Crippen LogP contribution in [0.2, 0.25) is 0 Å². The van der Waals surface area contributed by atoms with Gasteiger partial charge in [-0.3, -0.25) is 0 Å². The number of halogens is 4. The molecule has 1 heterocycles. The molecule has 9 heteroatoms. The molecule has 5 nitrogen and oxygen atoms in total. The van der Waals surface area contributed by atoms with Crippen molar-refractivity contribution in [3.8, 4) is 11.5 Å². The molecule has 0 amide bonds. The molecule has 118 valence electrons. The summed E-state index contributed by atoms with van der Waals surface area (Å²) >= 11 is 3.13. The number of benzene rings is 1. The van der Waals surface area contributed by atoms with Gasteiger partial charge in [0.25, 0.3) is 0 Å². The predicted molar refractivity (Wildman–Crippen MR) is 76.0 cm³/mol. The van der Waals surface area contributed by atoms with E-state index in [1.54, 1.807) is 0 Å². The molecule has 1 aliphatic rings. The number of alkyl halides is 2. The fraction of sp³-hybridized carbons (Fsp3) is 0.417. The van der Waals surface area contributed by atoms with Gasteiger partial charge < -0.3 is 19.9 Å². The fourth-order valence-corrected chi connectivity index (χ4v) is 2.29. The van der Waals surface area contributed by atoms with Gasteiger partial charge in [-0.15, -0.1) is 12.4 Å². The minimum atomic E-state index is -3.84. The van der Waals surface area contributed by atoms with E-state index in [1.807, 2.05) is 0 Å². The lowest BCUT2D eigenvalue weighted by Crippen LogP contribution is -2.41. The Morgan fingerprint density at radius 3 is 2.62 bits per heavy atom. The topological polar surface area (TPSA) is 70.8 Å². The van der Waals surface area contributed by atoms with Crippen molar-refractivity contribution in [2.45, 2.75) is 18.9 Å². The molecule has 0 spiro atoms. The van der Waals surface area contributed by atoms with E-state index in [0.29, 0.717) is 16.0 Å². The Balaban J connectivity index is 0.00000220. The van der Waals surface area contributed by atoms with Gasteiger partial charge >= 0.3 is 11.9 Å². The first-order chi connectivity index (χ1) is 9.37. The lowest BCUT2D eigenvalue weighted by Gasteiger charge is -2.23. The van der Waals surface area contributed by atoms with Crippen LogP contribution in [0.25, 0.3) is 0 Å². The zero-order valence-electron chi connectivity index (χ0n) is 10.9. The summed E-state index contributed by atoms with van der Waals surface area (Å²) in [4.78, 5) is 11.3. The highest BCUT2D eigenvalue weighted by atomic mass is 79.9. The minimum absolute atomic E-state index is 0. The van der Waals surface area contributed by atoms with Crippen LogP contribution in [0, 0.1) is 0 Å². The normalized spacial score (nSPS) is 14.3. The first-order valence-corrected chi connectivity index (χ1v) is 6.56. The molecule has 21 heavy (non-hydrogen) atoms. The van der Waals surface area contributed by atoms with E-state index in [2.05, 4.69) is 20.7 Å². The van der Waals surface area contributed by atoms with Gasteiger partial charge in [-0.05, 0) is 24.6 Å². The molecule has 2 rings (SSSR count). The fourth-order valence-electron chi connectivity index (χ4n) is 1.72. The Bertz CT molecular complexity index is 544. The van der Waals surface area contributed by atoms with Crippen molar-refractivity contribution in [3.63, 3.8) is 0 Å². The molecule has 1 aromatic carbocycles. The Morgan fingerprint density at radius 1 is 1.48 bits per heavy atom. The van der Waals surface area contributed by atoms with Crippen LogP contribution < -0.4 is 15.2 Å². The molecule has 0 aromatic heterocycles. The Morgan fingerprint density at radius 2 is 2.05 bits per heavy atom. The van der Waals surface area contributed by atoms with E-state index in [0.717, 1.165) is 0 Å². The monoisotopic (exact) mass is 387 g/mol. The number of esters is 1. The van der Waals surface area contributed by atoms with Crippen LogP contribution in [0.3, 0.4) is 0 Å². The molecule has 0 saturated carbocycles. The number of nitrogens with two attached hydrogens (primary N) is 1. The molecule has 0 unspecified atom stereocenters. The zero-order chi connectivity index (χ0) is 14.9. The Hall–Kier alpha value is -1.12. The van der Waals surface area contributed by atoms with Crippen molar-refractivity contribution < 1.29 is 27.8 Å². The number of fused-ring (bicyclic) bond motifs is 1. The number of ether oxygens (including phenoxy) is 3. The Labute approximate surface area is 134 Å². The average molecular weight is 389 g/mol. The van der Waals surface area contributed by atoms with E-state index in [9.17, 15) is 13.6 Å². The smallest absolute Gasteiger partial charge is 0.379 e. The number of rotatable bonds is 4. The summed E-state index contributed by atoms with van der Waals surface area (Å²) in [7, 11) is 0. The zero-order valence-corrected chi connectivity index (χ0v) is 13.3. The summed E-state index contributed by atoms with van der Waals surface area (Å²) < 4.78 is 42.7. The van der Waals surface area contributed by atoms with Crippen molar-refractivity contribution in [3.05, 3.63) is 22.2 Å². The van der Waals surface area contributed by atoms with Gasteiger partial charge in [-0.2, -0.15) is 8.78 Å². The lowest BCUT2D eigenvalue weighted by molar-refractivity contribution is -0.174. The van der Waals surface area contributed by atoms with Crippen LogP contribution in [-0.4, -0.2) is 25.3 Å². The maximum Gasteiger partial charge on any atom is 0.379 e. The van der Waals surface area contributed by atoms with Crippen LogP contribution in [0.1, 0.15) is 18.5 Å². The molecular weight excluding hydrogens is 375 g/mol. The molecule has 0 saturated heterocycles. The van der Waals surface area contributed by atoms with E-state index in [1.165, 1.54) is 19.1 Å². The van der Waals surface area contributed by atoms with Gasteiger partial charge in [0.05, 0.1) is 6.61 Å². The standard InChI is InChI=1S/C12H12BrF2NO4.ClH/c1-2-18-11(17)12(14,15)10(16)6-3-8-9(4-7(6)13)20-5-19-8;/h3-4,10H,2,5,16H2,1H3;1H/t10-;/m0./s1. The number of hydrogen-bond acceptors (Lipinski definition) is 5. The van der Waals surface area contributed by atoms with Gasteiger partial charge in [0.2, 0.25) is 6.79 Å². The van der Waals surface area contributed by atoms with Gasteiger partial charge in [-0.1, -0.05) is 15.9 Å². The maximum atomic E-state index is 13.9. The minimum Gasteiger partial charge on any atom is -0.462 e. The first-order valence-electron chi connectivity index (χ1n) is 5.77. The predicted octanol–water partition coefficient (Wildman–Crippen LogP) is 2.80. The third-order valence-electron chi connectivity index (χ3n) is 2.77. The van der Waals surface area contributed by atoms with Crippen molar-refractivity contribution in [2.75, 3.05) is 13.4 Å². The van der Waals surface area contributed by atoms with Crippen molar-refractivity contribution in [1.29, 1.82) is 0 Å². The summed E-state index contributed by atoms with van der Waals surface area (Å²) in [5, 5.41) is 0. The van der Waals surface area contributed by atoms with Crippen molar-refractivity contribution in [2.24, 2.45) is 5.73 Å². The van der Waals surface area contributed by atoms with Crippen LogP contribution in [0.15, 0.2) is 16.6 Å². The van der Waals surface area contributed by atoms with Gasteiger partial charge in [0, 0.05) is 4.47 Å². The molecule has 0 fully saturated rings. The maximum absolute atomic E-state index is 13.9. The second-order valence-electron chi connectivity index (χ2n) is 4.05. The summed E-state index contributed by atoms with van der Waals surface area (Å²) in [6.07, 6.45) is 0. The lowest BCUT2D eigenvalue weighted by atomic mass is 10.0. The number of hydrogen-bond donors (Lipinski definition) is 1. The van der Waals surface area contributed by atoms with E-state index < -0.39 is 17.9 Å². The van der Waals surface area contributed by atoms with Crippen LogP contribution in [0.5, 0.6) is 11.5 Å². The summed E-state index contributed by atoms with van der Waals surface area (Å²) in [6, 6.07) is 0.939. The molecule has 0 aliphatic carbocycles.